The van der Waals surface area contributed by atoms with Crippen molar-refractivity contribution < 1.29 is 28.7 Å². The fourth-order valence-electron chi connectivity index (χ4n) is 4.10. The summed E-state index contributed by atoms with van der Waals surface area (Å²) in [5, 5.41) is 5.04. The lowest BCUT2D eigenvalue weighted by Gasteiger charge is -2.33. The zero-order valence-corrected chi connectivity index (χ0v) is 21.5. The molecule has 2 amide bonds. The molecule has 188 valence electrons. The molecule has 9 heteroatoms. The van der Waals surface area contributed by atoms with Crippen molar-refractivity contribution in [1.29, 1.82) is 0 Å². The Morgan fingerprint density at radius 2 is 1.71 bits per heavy atom. The summed E-state index contributed by atoms with van der Waals surface area (Å²) < 4.78 is 10.4. The molecular formula is C25H36N2O6S. The number of methoxy groups -OCH3 is 1. The van der Waals surface area contributed by atoms with Crippen molar-refractivity contribution >= 4 is 34.7 Å². The molecule has 1 aliphatic rings. The van der Waals surface area contributed by atoms with Gasteiger partial charge in [0.15, 0.2) is 5.12 Å². The van der Waals surface area contributed by atoms with E-state index in [0.29, 0.717) is 18.6 Å². The second kappa shape index (κ2) is 12.8. The van der Waals surface area contributed by atoms with Crippen LogP contribution in [0, 0.1) is 5.92 Å². The van der Waals surface area contributed by atoms with Crippen LogP contribution in [0.2, 0.25) is 0 Å². The topological polar surface area (TPSA) is 111 Å². The van der Waals surface area contributed by atoms with E-state index in [1.807, 2.05) is 26.0 Å². The van der Waals surface area contributed by atoms with Crippen LogP contribution in [0.5, 0.6) is 5.75 Å². The standard InChI is InChI=1S/C25H36N2O6S/c1-6-33-23(30)20(15-18-9-11-19(32-5)12-10-18)26-24(31)25(13-7-8-14-25)27-22(29)21(16(2)3)34-17(4)28/h9-12,16,20-21H,6-8,13-15H2,1-5H3,(H,26,31)(H,27,29)/t20-,21+/m0/s1. The van der Waals surface area contributed by atoms with E-state index in [0.717, 1.165) is 30.2 Å². The van der Waals surface area contributed by atoms with Gasteiger partial charge in [-0.15, -0.1) is 0 Å². The van der Waals surface area contributed by atoms with Crippen LogP contribution in [-0.4, -0.2) is 53.4 Å². The molecule has 0 saturated heterocycles. The van der Waals surface area contributed by atoms with Gasteiger partial charge in [0.05, 0.1) is 19.0 Å². The number of benzene rings is 1. The summed E-state index contributed by atoms with van der Waals surface area (Å²) >= 11 is 0.973. The number of esters is 1. The Hall–Kier alpha value is -2.55. The van der Waals surface area contributed by atoms with Crippen molar-refractivity contribution in [2.45, 2.75) is 76.6 Å². The Morgan fingerprint density at radius 3 is 2.21 bits per heavy atom. The molecule has 2 N–H and O–H groups in total. The predicted molar refractivity (Wildman–Crippen MR) is 132 cm³/mol. The highest BCUT2D eigenvalue weighted by atomic mass is 32.2. The monoisotopic (exact) mass is 492 g/mol. The third-order valence-electron chi connectivity index (χ3n) is 5.89. The number of thioether (sulfide) groups is 1. The Kier molecular flexibility index (Phi) is 10.4. The van der Waals surface area contributed by atoms with Crippen LogP contribution >= 0.6 is 11.8 Å². The van der Waals surface area contributed by atoms with E-state index in [9.17, 15) is 19.2 Å². The fourth-order valence-corrected chi connectivity index (χ4v) is 4.89. The molecule has 8 nitrogen and oxygen atoms in total. The van der Waals surface area contributed by atoms with E-state index in [1.54, 1.807) is 26.2 Å². The highest BCUT2D eigenvalue weighted by Gasteiger charge is 2.45. The highest BCUT2D eigenvalue weighted by Crippen LogP contribution is 2.32. The van der Waals surface area contributed by atoms with Crippen LogP contribution in [0.4, 0.5) is 0 Å². The van der Waals surface area contributed by atoms with Gasteiger partial charge in [0, 0.05) is 13.3 Å². The van der Waals surface area contributed by atoms with Gasteiger partial charge in [0.25, 0.3) is 0 Å². The molecule has 1 aliphatic carbocycles. The van der Waals surface area contributed by atoms with Gasteiger partial charge in [-0.05, 0) is 43.4 Å². The number of carbonyl (C=O) groups excluding carboxylic acids is 4. The number of carbonyl (C=O) groups is 4. The number of rotatable bonds is 11. The summed E-state index contributed by atoms with van der Waals surface area (Å²) in [4.78, 5) is 50.9. The summed E-state index contributed by atoms with van der Waals surface area (Å²) in [7, 11) is 1.57. The van der Waals surface area contributed by atoms with Gasteiger partial charge in [0.2, 0.25) is 11.8 Å². The second-order valence-corrected chi connectivity index (χ2v) is 10.2. The molecule has 0 unspecified atom stereocenters. The molecule has 2 atom stereocenters. The lowest BCUT2D eigenvalue weighted by Crippen LogP contribution is -2.61. The Morgan fingerprint density at radius 1 is 1.09 bits per heavy atom. The first-order valence-corrected chi connectivity index (χ1v) is 12.6. The molecule has 0 aromatic heterocycles. The van der Waals surface area contributed by atoms with E-state index < -0.39 is 28.7 Å². The predicted octanol–water partition coefficient (Wildman–Crippen LogP) is 3.02. The van der Waals surface area contributed by atoms with Crippen molar-refractivity contribution in [3.05, 3.63) is 29.8 Å². The first-order valence-electron chi connectivity index (χ1n) is 11.7. The van der Waals surface area contributed by atoms with Gasteiger partial charge in [-0.2, -0.15) is 0 Å². The quantitative estimate of drug-likeness (QED) is 0.457. The third kappa shape index (κ3) is 7.48. The molecule has 1 aromatic carbocycles. The minimum atomic E-state index is -1.12. The third-order valence-corrected chi connectivity index (χ3v) is 7.23. The molecule has 0 aliphatic heterocycles. The highest BCUT2D eigenvalue weighted by molar-refractivity contribution is 8.14. The van der Waals surface area contributed by atoms with Crippen molar-refractivity contribution in [1.82, 2.24) is 10.6 Å². The van der Waals surface area contributed by atoms with Gasteiger partial charge in [-0.25, -0.2) is 4.79 Å². The van der Waals surface area contributed by atoms with E-state index >= 15 is 0 Å². The van der Waals surface area contributed by atoms with Crippen LogP contribution in [0.3, 0.4) is 0 Å². The molecule has 0 bridgehead atoms. The lowest BCUT2D eigenvalue weighted by molar-refractivity contribution is -0.148. The molecule has 0 heterocycles. The van der Waals surface area contributed by atoms with Crippen molar-refractivity contribution in [3.8, 4) is 5.75 Å². The summed E-state index contributed by atoms with van der Waals surface area (Å²) in [6, 6.07) is 6.34. The minimum Gasteiger partial charge on any atom is -0.497 e. The van der Waals surface area contributed by atoms with E-state index in [1.165, 1.54) is 6.92 Å². The maximum absolute atomic E-state index is 13.5. The maximum atomic E-state index is 13.5. The van der Waals surface area contributed by atoms with Gasteiger partial charge in [-0.3, -0.25) is 14.4 Å². The summed E-state index contributed by atoms with van der Waals surface area (Å²) in [6.07, 6.45) is 2.74. The zero-order valence-electron chi connectivity index (χ0n) is 20.6. The molecule has 0 radical (unpaired) electrons. The van der Waals surface area contributed by atoms with E-state index in [4.69, 9.17) is 9.47 Å². The van der Waals surface area contributed by atoms with Gasteiger partial charge in [0.1, 0.15) is 17.3 Å². The maximum Gasteiger partial charge on any atom is 0.328 e. The molecule has 2 rings (SSSR count). The number of nitrogens with one attached hydrogen (secondary N) is 2. The van der Waals surface area contributed by atoms with Gasteiger partial charge < -0.3 is 20.1 Å². The van der Waals surface area contributed by atoms with Crippen molar-refractivity contribution in [2.24, 2.45) is 5.92 Å². The van der Waals surface area contributed by atoms with Crippen LogP contribution < -0.4 is 15.4 Å². The first-order chi connectivity index (χ1) is 16.1. The summed E-state index contributed by atoms with van der Waals surface area (Å²) in [6.45, 7) is 7.06. The summed E-state index contributed by atoms with van der Waals surface area (Å²) in [5.74, 6) is -0.664. The van der Waals surface area contributed by atoms with Crippen molar-refractivity contribution in [3.63, 3.8) is 0 Å². The minimum absolute atomic E-state index is 0.0854. The molecule has 1 fully saturated rings. The molecule has 0 spiro atoms. The van der Waals surface area contributed by atoms with E-state index in [-0.39, 0.29) is 30.0 Å². The zero-order chi connectivity index (χ0) is 25.3. The fraction of sp³-hybridized carbons (Fsp3) is 0.600. The molecule has 34 heavy (non-hydrogen) atoms. The smallest absolute Gasteiger partial charge is 0.328 e. The van der Waals surface area contributed by atoms with Crippen LogP contribution in [-0.2, 0) is 30.3 Å². The first kappa shape index (κ1) is 27.7. The van der Waals surface area contributed by atoms with Gasteiger partial charge in [-0.1, -0.05) is 50.6 Å². The SMILES string of the molecule is CCOC(=O)[C@H](Cc1ccc(OC)cc1)NC(=O)C1(NC(=O)[C@H](SC(C)=O)C(C)C)CCCC1. The van der Waals surface area contributed by atoms with Crippen LogP contribution in [0.1, 0.15) is 58.9 Å². The van der Waals surface area contributed by atoms with E-state index in [2.05, 4.69) is 10.6 Å². The number of amides is 2. The number of hydrogen-bond acceptors (Lipinski definition) is 7. The van der Waals surface area contributed by atoms with Crippen LogP contribution in [0.25, 0.3) is 0 Å². The van der Waals surface area contributed by atoms with Crippen molar-refractivity contribution in [2.75, 3.05) is 13.7 Å². The normalized spacial score (nSPS) is 16.4. The summed E-state index contributed by atoms with van der Waals surface area (Å²) in [5.41, 5.74) is -0.284. The largest absolute Gasteiger partial charge is 0.497 e. The van der Waals surface area contributed by atoms with Gasteiger partial charge >= 0.3 is 5.97 Å². The lowest BCUT2D eigenvalue weighted by atomic mass is 9.94. The Labute approximate surface area is 205 Å². The van der Waals surface area contributed by atoms with Crippen LogP contribution in [0.15, 0.2) is 24.3 Å². The average Bonchev–Trinajstić information content (AvgIpc) is 3.27. The molecule has 1 aromatic rings. The molecule has 1 saturated carbocycles. The molecular weight excluding hydrogens is 456 g/mol. The number of hydrogen-bond donors (Lipinski definition) is 2. The second-order valence-electron chi connectivity index (χ2n) is 8.88. The number of ether oxygens (including phenoxy) is 2. The Bertz CT molecular complexity index is 865. The Balaban J connectivity index is 2.22. The average molecular weight is 493 g/mol.